The summed E-state index contributed by atoms with van der Waals surface area (Å²) in [5, 5.41) is 0.204. The van der Waals surface area contributed by atoms with Crippen molar-refractivity contribution in [3.63, 3.8) is 0 Å². The lowest BCUT2D eigenvalue weighted by Gasteiger charge is -2.17. The normalized spacial score (nSPS) is 10.7. The number of nitrogens with zero attached hydrogens (tertiary/aromatic N) is 1. The molecule has 0 aliphatic rings. The van der Waals surface area contributed by atoms with Gasteiger partial charge in [0.05, 0.1) is 5.69 Å². The molecule has 2 aromatic carbocycles. The van der Waals surface area contributed by atoms with Crippen LogP contribution in [0.5, 0.6) is 5.75 Å². The van der Waals surface area contributed by atoms with Crippen LogP contribution in [0.3, 0.4) is 0 Å². The van der Waals surface area contributed by atoms with Crippen molar-refractivity contribution in [1.82, 2.24) is 4.57 Å². The summed E-state index contributed by atoms with van der Waals surface area (Å²) in [5.41, 5.74) is 4.38. The lowest BCUT2D eigenvalue weighted by Crippen LogP contribution is -2.27. The highest BCUT2D eigenvalue weighted by Gasteiger charge is 2.13. The maximum Gasteiger partial charge on any atom is 0.269 e. The summed E-state index contributed by atoms with van der Waals surface area (Å²) in [7, 11) is 0. The molecule has 0 spiro atoms. The van der Waals surface area contributed by atoms with Gasteiger partial charge in [-0.25, -0.2) is 0 Å². The zero-order valence-corrected chi connectivity index (χ0v) is 17.4. The molecule has 0 saturated carbocycles. The van der Waals surface area contributed by atoms with Crippen LogP contribution in [0.15, 0.2) is 59.4 Å². The van der Waals surface area contributed by atoms with Crippen molar-refractivity contribution in [2.24, 2.45) is 0 Å². The number of halogens is 1. The fraction of sp³-hybridized carbons (Fsp3) is 0.250. The van der Waals surface area contributed by atoms with Gasteiger partial charge >= 0.3 is 0 Å². The first kappa shape index (κ1) is 20.9. The number of benzene rings is 2. The van der Waals surface area contributed by atoms with Gasteiger partial charge in [0.1, 0.15) is 23.7 Å². The molecule has 0 radical (unpaired) electrons. The topological polar surface area (TPSA) is 48.3 Å². The summed E-state index contributed by atoms with van der Waals surface area (Å²) >= 11 is 6.16. The van der Waals surface area contributed by atoms with Gasteiger partial charge in [-0.2, -0.15) is 0 Å². The molecule has 3 aromatic rings. The van der Waals surface area contributed by atoms with Crippen LogP contribution in [-0.2, 0) is 26.0 Å². The van der Waals surface area contributed by atoms with E-state index in [2.05, 4.69) is 13.0 Å². The number of hydrogen-bond acceptors (Lipinski definition) is 3. The second-order valence-corrected chi connectivity index (χ2v) is 7.39. The van der Waals surface area contributed by atoms with Crippen molar-refractivity contribution in [1.29, 1.82) is 0 Å². The minimum absolute atomic E-state index is 0.204. The van der Waals surface area contributed by atoms with E-state index in [1.807, 2.05) is 37.3 Å². The van der Waals surface area contributed by atoms with Crippen molar-refractivity contribution < 1.29 is 9.53 Å². The molecular formula is C24H24ClNO3. The Balaban J connectivity index is 1.83. The van der Waals surface area contributed by atoms with Crippen LogP contribution in [0, 0.1) is 6.92 Å². The number of aromatic nitrogens is 1. The standard InChI is InChI=1S/C24H24ClNO3/c1-3-18-5-4-6-21(14-18)29-16-23-17(2)13-22(25)24(28)26(23)12-11-19-7-9-20(15-27)10-8-19/h4-10,13-15H,3,11-12,16H2,1-2H3. The Hall–Kier alpha value is -2.85. The first-order chi connectivity index (χ1) is 14.0. The second-order valence-electron chi connectivity index (χ2n) is 6.98. The predicted molar refractivity (Wildman–Crippen MR) is 116 cm³/mol. The summed E-state index contributed by atoms with van der Waals surface area (Å²) in [4.78, 5) is 23.5. The van der Waals surface area contributed by atoms with Gasteiger partial charge < -0.3 is 9.30 Å². The van der Waals surface area contributed by atoms with E-state index in [1.54, 1.807) is 22.8 Å². The Morgan fingerprint density at radius 1 is 1.07 bits per heavy atom. The van der Waals surface area contributed by atoms with Crippen molar-refractivity contribution >= 4 is 17.9 Å². The van der Waals surface area contributed by atoms with Crippen LogP contribution in [0.25, 0.3) is 0 Å². The Labute approximate surface area is 175 Å². The molecule has 0 saturated heterocycles. The number of aryl methyl sites for hydroxylation is 3. The molecule has 4 nitrogen and oxygen atoms in total. The van der Waals surface area contributed by atoms with Crippen molar-refractivity contribution in [2.45, 2.75) is 39.8 Å². The van der Waals surface area contributed by atoms with E-state index < -0.39 is 0 Å². The molecule has 1 heterocycles. The Kier molecular flexibility index (Phi) is 6.89. The molecule has 0 aliphatic heterocycles. The number of carbonyl (C=O) groups excluding carboxylic acids is 1. The molecule has 0 unspecified atom stereocenters. The summed E-state index contributed by atoms with van der Waals surface area (Å²) in [6.45, 7) is 4.80. The molecule has 5 heteroatoms. The van der Waals surface area contributed by atoms with Crippen molar-refractivity contribution in [3.05, 3.63) is 97.9 Å². The molecule has 0 N–H and O–H groups in total. The van der Waals surface area contributed by atoms with Crippen LogP contribution in [0.4, 0.5) is 0 Å². The maximum atomic E-state index is 12.7. The molecule has 0 aliphatic carbocycles. The number of rotatable bonds is 8. The highest BCUT2D eigenvalue weighted by atomic mass is 35.5. The van der Waals surface area contributed by atoms with E-state index in [4.69, 9.17) is 16.3 Å². The van der Waals surface area contributed by atoms with Gasteiger partial charge in [0.25, 0.3) is 5.56 Å². The number of hydrogen-bond donors (Lipinski definition) is 0. The zero-order valence-electron chi connectivity index (χ0n) is 16.7. The number of aldehydes is 1. The highest BCUT2D eigenvalue weighted by Crippen LogP contribution is 2.18. The summed E-state index contributed by atoms with van der Waals surface area (Å²) in [6, 6.07) is 17.0. The Morgan fingerprint density at radius 3 is 2.52 bits per heavy atom. The quantitative estimate of drug-likeness (QED) is 0.491. The minimum Gasteiger partial charge on any atom is -0.487 e. The van der Waals surface area contributed by atoms with Crippen molar-refractivity contribution in [3.8, 4) is 5.75 Å². The number of ether oxygens (including phenoxy) is 1. The van der Waals surface area contributed by atoms with Gasteiger partial charge in [-0.05, 0) is 54.7 Å². The monoisotopic (exact) mass is 409 g/mol. The minimum atomic E-state index is -0.220. The first-order valence-corrected chi connectivity index (χ1v) is 10.0. The fourth-order valence-electron chi connectivity index (χ4n) is 3.24. The number of carbonyl (C=O) groups is 1. The van der Waals surface area contributed by atoms with Gasteiger partial charge in [0.2, 0.25) is 0 Å². The van der Waals surface area contributed by atoms with E-state index in [0.29, 0.717) is 18.5 Å². The Bertz CT molecular complexity index is 1050. The van der Waals surface area contributed by atoms with Crippen LogP contribution < -0.4 is 10.3 Å². The van der Waals surface area contributed by atoms with Gasteiger partial charge in [0.15, 0.2) is 0 Å². The number of pyridine rings is 1. The van der Waals surface area contributed by atoms with E-state index in [0.717, 1.165) is 35.3 Å². The van der Waals surface area contributed by atoms with E-state index >= 15 is 0 Å². The molecule has 3 rings (SSSR count). The maximum absolute atomic E-state index is 12.7. The van der Waals surface area contributed by atoms with Gasteiger partial charge in [-0.15, -0.1) is 0 Å². The molecule has 1 aromatic heterocycles. The van der Waals surface area contributed by atoms with Crippen LogP contribution in [-0.4, -0.2) is 10.9 Å². The first-order valence-electron chi connectivity index (χ1n) is 9.66. The second kappa shape index (κ2) is 9.57. The lowest BCUT2D eigenvalue weighted by atomic mass is 10.1. The predicted octanol–water partition coefficient (Wildman–Crippen LogP) is 5.01. The smallest absolute Gasteiger partial charge is 0.269 e. The third-order valence-electron chi connectivity index (χ3n) is 5.00. The summed E-state index contributed by atoms with van der Waals surface area (Å²) < 4.78 is 7.68. The van der Waals surface area contributed by atoms with E-state index in [-0.39, 0.29) is 17.2 Å². The zero-order chi connectivity index (χ0) is 20.8. The van der Waals surface area contributed by atoms with Crippen molar-refractivity contribution in [2.75, 3.05) is 0 Å². The van der Waals surface area contributed by atoms with Gasteiger partial charge in [-0.1, -0.05) is 54.9 Å². The molecule has 0 bridgehead atoms. The molecule has 0 atom stereocenters. The molecule has 29 heavy (non-hydrogen) atoms. The molecule has 0 amide bonds. The van der Waals surface area contributed by atoms with E-state index in [9.17, 15) is 9.59 Å². The molecule has 0 fully saturated rings. The summed E-state index contributed by atoms with van der Waals surface area (Å²) in [5.74, 6) is 0.780. The highest BCUT2D eigenvalue weighted by molar-refractivity contribution is 6.30. The summed E-state index contributed by atoms with van der Waals surface area (Å²) in [6.07, 6.45) is 2.40. The molecular weight excluding hydrogens is 386 g/mol. The van der Waals surface area contributed by atoms with Gasteiger partial charge in [-0.3, -0.25) is 9.59 Å². The molecule has 150 valence electrons. The third kappa shape index (κ3) is 5.15. The lowest BCUT2D eigenvalue weighted by molar-refractivity contribution is 0.112. The fourth-order valence-corrected chi connectivity index (χ4v) is 3.50. The third-order valence-corrected chi connectivity index (χ3v) is 5.27. The average molecular weight is 410 g/mol. The SMILES string of the molecule is CCc1cccc(OCc2c(C)cc(Cl)c(=O)n2CCc2ccc(C=O)cc2)c1. The van der Waals surface area contributed by atoms with Gasteiger partial charge in [0, 0.05) is 12.1 Å². The average Bonchev–Trinajstić information content (AvgIpc) is 2.75. The largest absolute Gasteiger partial charge is 0.487 e. The van der Waals surface area contributed by atoms with Crippen LogP contribution in [0.2, 0.25) is 5.02 Å². The van der Waals surface area contributed by atoms with Crippen LogP contribution in [0.1, 0.15) is 39.7 Å². The van der Waals surface area contributed by atoms with Crippen LogP contribution >= 0.6 is 11.6 Å². The van der Waals surface area contributed by atoms with E-state index in [1.165, 1.54) is 5.56 Å². The Morgan fingerprint density at radius 2 is 1.83 bits per heavy atom.